The Balaban J connectivity index is 1.90. The Kier molecular flexibility index (Phi) is 3.56. The molecule has 6 heteroatoms. The first kappa shape index (κ1) is 11.3. The van der Waals surface area contributed by atoms with Crippen LogP contribution in [0.25, 0.3) is 0 Å². The van der Waals surface area contributed by atoms with Gasteiger partial charge in [-0.2, -0.15) is 0 Å². The van der Waals surface area contributed by atoms with Crippen molar-refractivity contribution in [3.63, 3.8) is 0 Å². The molecule has 0 amide bonds. The second-order valence-electron chi connectivity index (χ2n) is 4.13. The predicted octanol–water partition coefficient (Wildman–Crippen LogP) is 1.33. The summed E-state index contributed by atoms with van der Waals surface area (Å²) in [6.07, 6.45) is 1.22. The fourth-order valence-corrected chi connectivity index (χ4v) is 2.49. The highest BCUT2D eigenvalue weighted by molar-refractivity contribution is 7.10. The van der Waals surface area contributed by atoms with E-state index in [1.165, 1.54) is 18.0 Å². The Morgan fingerprint density at radius 3 is 2.93 bits per heavy atom. The normalized spacial score (nSPS) is 22.8. The Morgan fingerprint density at radius 2 is 2.40 bits per heavy atom. The molecule has 0 aromatic carbocycles. The average molecular weight is 247 g/mol. The summed E-state index contributed by atoms with van der Waals surface area (Å²) >= 11 is 7.24. The smallest absolute Gasteiger partial charge is 0.138 e. The predicted molar refractivity (Wildman–Crippen MR) is 62.3 cm³/mol. The highest BCUT2D eigenvalue weighted by atomic mass is 35.5. The molecule has 84 valence electrons. The molecule has 0 N–H and O–H groups in total. The fraction of sp³-hybridized carbons (Fsp3) is 0.778. The zero-order valence-electron chi connectivity index (χ0n) is 8.98. The van der Waals surface area contributed by atoms with Gasteiger partial charge in [0.25, 0.3) is 0 Å². The number of halogens is 1. The van der Waals surface area contributed by atoms with Crippen LogP contribution in [0.5, 0.6) is 0 Å². The zero-order valence-corrected chi connectivity index (χ0v) is 10.6. The highest BCUT2D eigenvalue weighted by Gasteiger charge is 2.24. The lowest BCUT2D eigenvalue weighted by Gasteiger charge is -2.19. The van der Waals surface area contributed by atoms with Crippen LogP contribution in [0.1, 0.15) is 12.1 Å². The van der Waals surface area contributed by atoms with Crippen LogP contribution in [0.3, 0.4) is 0 Å². The summed E-state index contributed by atoms with van der Waals surface area (Å²) in [6, 6.07) is 0.662. The van der Waals surface area contributed by atoms with Gasteiger partial charge in [-0.15, -0.1) is 5.10 Å². The maximum absolute atomic E-state index is 5.97. The summed E-state index contributed by atoms with van der Waals surface area (Å²) in [6.45, 7) is 3.05. The van der Waals surface area contributed by atoms with Crippen molar-refractivity contribution in [3.8, 4) is 0 Å². The molecule has 1 unspecified atom stereocenters. The van der Waals surface area contributed by atoms with Crippen LogP contribution >= 0.6 is 23.1 Å². The first-order chi connectivity index (χ1) is 7.16. The van der Waals surface area contributed by atoms with Crippen molar-refractivity contribution >= 4 is 23.1 Å². The van der Waals surface area contributed by atoms with Crippen LogP contribution in [0, 0.1) is 0 Å². The van der Waals surface area contributed by atoms with Gasteiger partial charge in [0.05, 0.1) is 0 Å². The third-order valence-electron chi connectivity index (χ3n) is 2.86. The molecule has 1 aromatic heterocycles. The molecule has 1 aromatic rings. The summed E-state index contributed by atoms with van der Waals surface area (Å²) in [7, 11) is 4.26. The van der Waals surface area contributed by atoms with Gasteiger partial charge in [0, 0.05) is 37.2 Å². The standard InChI is InChI=1S/C9H15ClN4S/c1-13(2)7-3-4-14(5-7)6-8-9(10)15-12-11-8/h7H,3-6H2,1-2H3. The van der Waals surface area contributed by atoms with Crippen LogP contribution in [-0.4, -0.2) is 52.6 Å². The van der Waals surface area contributed by atoms with E-state index in [4.69, 9.17) is 11.6 Å². The van der Waals surface area contributed by atoms with Crippen molar-refractivity contribution in [2.24, 2.45) is 0 Å². The van der Waals surface area contributed by atoms with E-state index in [0.717, 1.165) is 29.7 Å². The number of likely N-dealkylation sites (N-methyl/N-ethyl adjacent to an activating group) is 1. The molecule has 0 saturated carbocycles. The minimum atomic E-state index is 0.662. The number of likely N-dealkylation sites (tertiary alicyclic amines) is 1. The maximum Gasteiger partial charge on any atom is 0.138 e. The number of hydrogen-bond acceptors (Lipinski definition) is 5. The molecule has 15 heavy (non-hydrogen) atoms. The topological polar surface area (TPSA) is 32.3 Å². The molecule has 0 aliphatic carbocycles. The van der Waals surface area contributed by atoms with Crippen LogP contribution in [0.4, 0.5) is 0 Å². The number of rotatable bonds is 3. The summed E-state index contributed by atoms with van der Waals surface area (Å²) in [5, 5.41) is 4.03. The first-order valence-corrected chi connectivity index (χ1v) is 6.17. The third-order valence-corrected chi connectivity index (χ3v) is 3.84. The lowest BCUT2D eigenvalue weighted by Crippen LogP contribution is -2.31. The van der Waals surface area contributed by atoms with Gasteiger partial charge in [-0.3, -0.25) is 4.90 Å². The number of nitrogens with zero attached hydrogens (tertiary/aromatic N) is 4. The van der Waals surface area contributed by atoms with Crippen molar-refractivity contribution in [1.82, 2.24) is 19.4 Å². The second kappa shape index (κ2) is 4.74. The quantitative estimate of drug-likeness (QED) is 0.806. The van der Waals surface area contributed by atoms with Gasteiger partial charge in [0.1, 0.15) is 10.0 Å². The van der Waals surface area contributed by atoms with E-state index in [0.29, 0.717) is 6.04 Å². The van der Waals surface area contributed by atoms with E-state index in [1.807, 2.05) is 0 Å². The molecule has 1 aliphatic heterocycles. The third kappa shape index (κ3) is 2.66. The van der Waals surface area contributed by atoms with Crippen LogP contribution in [0.15, 0.2) is 0 Å². The second-order valence-corrected chi connectivity index (χ2v) is 5.49. The van der Waals surface area contributed by atoms with Crippen LogP contribution < -0.4 is 0 Å². The van der Waals surface area contributed by atoms with E-state index < -0.39 is 0 Å². The van der Waals surface area contributed by atoms with E-state index in [9.17, 15) is 0 Å². The lowest BCUT2D eigenvalue weighted by atomic mass is 10.2. The zero-order chi connectivity index (χ0) is 10.8. The lowest BCUT2D eigenvalue weighted by molar-refractivity contribution is 0.263. The molecule has 1 aliphatic rings. The average Bonchev–Trinajstić information content (AvgIpc) is 2.77. The summed E-state index contributed by atoms with van der Waals surface area (Å²) in [5.74, 6) is 0. The van der Waals surface area contributed by atoms with E-state index >= 15 is 0 Å². The Hall–Kier alpha value is -0.230. The van der Waals surface area contributed by atoms with Gasteiger partial charge in [-0.1, -0.05) is 16.1 Å². The van der Waals surface area contributed by atoms with Crippen LogP contribution in [-0.2, 0) is 6.54 Å². The van der Waals surface area contributed by atoms with Gasteiger partial charge in [-0.05, 0) is 20.5 Å². The maximum atomic E-state index is 5.97. The molecular weight excluding hydrogens is 232 g/mol. The van der Waals surface area contributed by atoms with E-state index in [2.05, 4.69) is 33.5 Å². The van der Waals surface area contributed by atoms with Crippen molar-refractivity contribution < 1.29 is 0 Å². The Morgan fingerprint density at radius 1 is 1.60 bits per heavy atom. The summed E-state index contributed by atoms with van der Waals surface area (Å²) in [4.78, 5) is 4.66. The molecule has 1 fully saturated rings. The highest BCUT2D eigenvalue weighted by Crippen LogP contribution is 2.21. The Bertz CT molecular complexity index is 328. The molecule has 1 saturated heterocycles. The largest absolute Gasteiger partial charge is 0.305 e. The fourth-order valence-electron chi connectivity index (χ4n) is 1.88. The van der Waals surface area contributed by atoms with Gasteiger partial charge < -0.3 is 4.90 Å². The van der Waals surface area contributed by atoms with Crippen molar-refractivity contribution in [2.75, 3.05) is 27.2 Å². The van der Waals surface area contributed by atoms with E-state index in [-0.39, 0.29) is 0 Å². The van der Waals surface area contributed by atoms with Gasteiger partial charge in [0.2, 0.25) is 0 Å². The molecule has 1 atom stereocenters. The van der Waals surface area contributed by atoms with Crippen molar-refractivity contribution in [1.29, 1.82) is 0 Å². The molecular formula is C9H15ClN4S. The van der Waals surface area contributed by atoms with E-state index in [1.54, 1.807) is 0 Å². The molecule has 0 spiro atoms. The van der Waals surface area contributed by atoms with Crippen LogP contribution in [0.2, 0.25) is 4.34 Å². The Labute approximate surface area is 99.0 Å². The molecule has 0 bridgehead atoms. The minimum absolute atomic E-state index is 0.662. The molecule has 2 rings (SSSR count). The van der Waals surface area contributed by atoms with Gasteiger partial charge in [-0.25, -0.2) is 0 Å². The van der Waals surface area contributed by atoms with Crippen molar-refractivity contribution in [3.05, 3.63) is 10.0 Å². The number of hydrogen-bond donors (Lipinski definition) is 0. The molecule has 0 radical (unpaired) electrons. The SMILES string of the molecule is CN(C)C1CCN(Cc2nnsc2Cl)C1. The van der Waals surface area contributed by atoms with Gasteiger partial charge in [0.15, 0.2) is 0 Å². The summed E-state index contributed by atoms with van der Waals surface area (Å²) < 4.78 is 4.57. The first-order valence-electron chi connectivity index (χ1n) is 5.02. The minimum Gasteiger partial charge on any atom is -0.305 e. The monoisotopic (exact) mass is 246 g/mol. The van der Waals surface area contributed by atoms with Crippen molar-refractivity contribution in [2.45, 2.75) is 19.0 Å². The summed E-state index contributed by atoms with van der Waals surface area (Å²) in [5.41, 5.74) is 0.918. The molecule has 2 heterocycles. The van der Waals surface area contributed by atoms with Gasteiger partial charge >= 0.3 is 0 Å². The number of aromatic nitrogens is 2. The molecule has 4 nitrogen and oxygen atoms in total.